The van der Waals surface area contributed by atoms with Gasteiger partial charge in [0.05, 0.1) is 5.75 Å². The second-order valence-electron chi connectivity index (χ2n) is 4.86. The summed E-state index contributed by atoms with van der Waals surface area (Å²) in [5, 5.41) is 3.14. The highest BCUT2D eigenvalue weighted by molar-refractivity contribution is 7.89. The molecule has 0 aromatic heterocycles. The zero-order chi connectivity index (χ0) is 13.4. The first-order valence-corrected chi connectivity index (χ1v) is 8.39. The summed E-state index contributed by atoms with van der Waals surface area (Å²) in [6, 6.07) is 0. The first kappa shape index (κ1) is 15.9. The Morgan fingerprint density at radius 2 is 2.00 bits per heavy atom. The molecule has 0 spiro atoms. The number of hydrogen-bond acceptors (Lipinski definition) is 4. The second kappa shape index (κ2) is 8.09. The van der Waals surface area contributed by atoms with Gasteiger partial charge >= 0.3 is 0 Å². The maximum atomic E-state index is 12.0. The van der Waals surface area contributed by atoms with E-state index in [2.05, 4.69) is 5.32 Å². The average Bonchev–Trinajstić information content (AvgIpc) is 2.36. The summed E-state index contributed by atoms with van der Waals surface area (Å²) < 4.78 is 30.9. The van der Waals surface area contributed by atoms with Crippen LogP contribution >= 0.6 is 0 Å². The summed E-state index contributed by atoms with van der Waals surface area (Å²) in [6.45, 7) is 5.83. The van der Waals surface area contributed by atoms with E-state index in [4.69, 9.17) is 4.74 Å². The lowest BCUT2D eigenvalue weighted by Gasteiger charge is -2.26. The molecule has 1 aliphatic heterocycles. The molecule has 18 heavy (non-hydrogen) atoms. The third-order valence-corrected chi connectivity index (χ3v) is 5.24. The fourth-order valence-corrected chi connectivity index (χ4v) is 3.38. The fraction of sp³-hybridized carbons (Fsp3) is 1.00. The largest absolute Gasteiger partial charge is 0.381 e. The molecule has 1 fully saturated rings. The Labute approximate surface area is 111 Å². The zero-order valence-electron chi connectivity index (χ0n) is 11.5. The van der Waals surface area contributed by atoms with E-state index < -0.39 is 10.0 Å². The van der Waals surface area contributed by atoms with Gasteiger partial charge in [0.15, 0.2) is 0 Å². The average molecular weight is 278 g/mol. The van der Waals surface area contributed by atoms with Crippen molar-refractivity contribution in [3.05, 3.63) is 0 Å². The van der Waals surface area contributed by atoms with E-state index in [1.807, 2.05) is 6.92 Å². The number of rotatable bonds is 8. The van der Waals surface area contributed by atoms with Crippen molar-refractivity contribution in [2.45, 2.75) is 26.2 Å². The molecule has 5 nitrogen and oxygen atoms in total. The Kier molecular flexibility index (Phi) is 7.14. The first-order valence-electron chi connectivity index (χ1n) is 6.78. The van der Waals surface area contributed by atoms with Gasteiger partial charge in [-0.05, 0) is 38.3 Å². The van der Waals surface area contributed by atoms with E-state index in [-0.39, 0.29) is 5.75 Å². The minimum Gasteiger partial charge on any atom is -0.381 e. The molecule has 0 radical (unpaired) electrons. The van der Waals surface area contributed by atoms with Crippen LogP contribution in [-0.4, -0.2) is 58.4 Å². The van der Waals surface area contributed by atoms with E-state index in [1.54, 1.807) is 7.05 Å². The van der Waals surface area contributed by atoms with Crippen LogP contribution in [0.3, 0.4) is 0 Å². The number of nitrogens with zero attached hydrogens (tertiary/aromatic N) is 1. The van der Waals surface area contributed by atoms with E-state index in [0.717, 1.165) is 39.1 Å². The summed E-state index contributed by atoms with van der Waals surface area (Å²) in [5.41, 5.74) is 0. The van der Waals surface area contributed by atoms with Crippen molar-refractivity contribution in [2.24, 2.45) is 5.92 Å². The van der Waals surface area contributed by atoms with Gasteiger partial charge in [0.25, 0.3) is 0 Å². The molecule has 108 valence electrons. The molecule has 0 atom stereocenters. The lowest BCUT2D eigenvalue weighted by atomic mass is 10.0. The van der Waals surface area contributed by atoms with Crippen molar-refractivity contribution in [1.29, 1.82) is 0 Å². The summed E-state index contributed by atoms with van der Waals surface area (Å²) >= 11 is 0. The van der Waals surface area contributed by atoms with Crippen molar-refractivity contribution in [3.63, 3.8) is 0 Å². The molecular weight excluding hydrogens is 252 g/mol. The highest BCUT2D eigenvalue weighted by atomic mass is 32.2. The van der Waals surface area contributed by atoms with Crippen molar-refractivity contribution < 1.29 is 13.2 Å². The maximum Gasteiger partial charge on any atom is 0.213 e. The first-order chi connectivity index (χ1) is 8.56. The van der Waals surface area contributed by atoms with Gasteiger partial charge in [-0.25, -0.2) is 12.7 Å². The summed E-state index contributed by atoms with van der Waals surface area (Å²) in [6.07, 6.45) is 2.61. The van der Waals surface area contributed by atoms with E-state index in [0.29, 0.717) is 18.9 Å². The van der Waals surface area contributed by atoms with Gasteiger partial charge < -0.3 is 10.1 Å². The van der Waals surface area contributed by atoms with Crippen molar-refractivity contribution >= 4 is 10.0 Å². The van der Waals surface area contributed by atoms with Gasteiger partial charge in [-0.1, -0.05) is 6.92 Å². The summed E-state index contributed by atoms with van der Waals surface area (Å²) in [5.74, 6) is 0.687. The van der Waals surface area contributed by atoms with Crippen molar-refractivity contribution in [2.75, 3.05) is 45.6 Å². The third kappa shape index (κ3) is 5.65. The molecule has 0 bridgehead atoms. The third-order valence-electron chi connectivity index (χ3n) is 3.34. The van der Waals surface area contributed by atoms with Gasteiger partial charge in [-0.15, -0.1) is 0 Å². The van der Waals surface area contributed by atoms with E-state index in [1.165, 1.54) is 4.31 Å². The smallest absolute Gasteiger partial charge is 0.213 e. The Morgan fingerprint density at radius 3 is 2.61 bits per heavy atom. The second-order valence-corrected chi connectivity index (χ2v) is 7.05. The Bertz CT molecular complexity index is 313. The minimum absolute atomic E-state index is 0.236. The molecule has 0 amide bonds. The van der Waals surface area contributed by atoms with Gasteiger partial charge in [-0.3, -0.25) is 0 Å². The highest BCUT2D eigenvalue weighted by Gasteiger charge is 2.22. The molecule has 0 unspecified atom stereocenters. The van der Waals surface area contributed by atoms with Crippen LogP contribution < -0.4 is 5.32 Å². The van der Waals surface area contributed by atoms with Crippen LogP contribution in [0.1, 0.15) is 26.2 Å². The number of hydrogen-bond donors (Lipinski definition) is 1. The van der Waals surface area contributed by atoms with E-state index in [9.17, 15) is 8.42 Å². The molecule has 1 N–H and O–H groups in total. The van der Waals surface area contributed by atoms with Crippen LogP contribution in [0.4, 0.5) is 0 Å². The summed E-state index contributed by atoms with van der Waals surface area (Å²) in [7, 11) is -1.40. The predicted octanol–water partition coefficient (Wildman–Crippen LogP) is 0.674. The molecule has 0 saturated carbocycles. The molecule has 1 aliphatic rings. The Morgan fingerprint density at radius 1 is 1.33 bits per heavy atom. The van der Waals surface area contributed by atoms with Crippen LogP contribution in [-0.2, 0) is 14.8 Å². The maximum absolute atomic E-state index is 12.0. The summed E-state index contributed by atoms with van der Waals surface area (Å²) in [4.78, 5) is 0. The number of ether oxygens (including phenoxy) is 1. The molecule has 1 saturated heterocycles. The van der Waals surface area contributed by atoms with Crippen molar-refractivity contribution in [3.8, 4) is 0 Å². The molecule has 0 aromatic carbocycles. The monoisotopic (exact) mass is 278 g/mol. The molecule has 1 rings (SSSR count). The zero-order valence-corrected chi connectivity index (χ0v) is 12.3. The standard InChI is InChI=1S/C12H26N2O3S/c1-3-13-7-4-10-18(15,16)14(2)11-12-5-8-17-9-6-12/h12-13H,3-11H2,1-2H3. The molecule has 0 aromatic rings. The van der Waals surface area contributed by atoms with Crippen LogP contribution in [0.25, 0.3) is 0 Å². The van der Waals surface area contributed by atoms with Crippen LogP contribution in [0.2, 0.25) is 0 Å². The van der Waals surface area contributed by atoms with Gasteiger partial charge in [0, 0.05) is 26.8 Å². The minimum atomic E-state index is -3.09. The van der Waals surface area contributed by atoms with Crippen LogP contribution in [0.15, 0.2) is 0 Å². The quantitative estimate of drug-likeness (QED) is 0.663. The fourth-order valence-electron chi connectivity index (χ4n) is 2.12. The molecule has 1 heterocycles. The topological polar surface area (TPSA) is 58.6 Å². The van der Waals surface area contributed by atoms with Crippen molar-refractivity contribution in [1.82, 2.24) is 9.62 Å². The van der Waals surface area contributed by atoms with Crippen LogP contribution in [0.5, 0.6) is 0 Å². The Hall–Kier alpha value is -0.170. The SMILES string of the molecule is CCNCCCS(=O)(=O)N(C)CC1CCOCC1. The lowest BCUT2D eigenvalue weighted by Crippen LogP contribution is -2.36. The number of sulfonamides is 1. The highest BCUT2D eigenvalue weighted by Crippen LogP contribution is 2.17. The van der Waals surface area contributed by atoms with Crippen LogP contribution in [0, 0.1) is 5.92 Å². The predicted molar refractivity (Wildman–Crippen MR) is 73.1 cm³/mol. The normalized spacial score (nSPS) is 18.4. The molecular formula is C12H26N2O3S. The van der Waals surface area contributed by atoms with Gasteiger partial charge in [-0.2, -0.15) is 0 Å². The van der Waals surface area contributed by atoms with E-state index >= 15 is 0 Å². The van der Waals surface area contributed by atoms with Gasteiger partial charge in [0.1, 0.15) is 0 Å². The molecule has 6 heteroatoms. The van der Waals surface area contributed by atoms with Gasteiger partial charge in [0.2, 0.25) is 10.0 Å². The Balaban J connectivity index is 2.31. The number of nitrogens with one attached hydrogen (secondary N) is 1. The lowest BCUT2D eigenvalue weighted by molar-refractivity contribution is 0.0620. The molecule has 0 aliphatic carbocycles.